The zero-order chi connectivity index (χ0) is 36.9. The van der Waals surface area contributed by atoms with Crippen molar-refractivity contribution >= 4 is 0 Å². The molecule has 0 N–H and O–H groups in total. The maximum atomic E-state index is 10.3. The van der Waals surface area contributed by atoms with E-state index in [1.165, 1.54) is 0 Å². The van der Waals surface area contributed by atoms with Crippen molar-refractivity contribution in [1.82, 2.24) is 0 Å². The molecule has 8 rings (SSSR count). The first kappa shape index (κ1) is 33.4. The highest BCUT2D eigenvalue weighted by Gasteiger charge is 2.13. The van der Waals surface area contributed by atoms with Crippen molar-refractivity contribution in [3.63, 3.8) is 0 Å². The number of hydrogen-bond donors (Lipinski definition) is 0. The Morgan fingerprint density at radius 1 is 0.222 bits per heavy atom. The van der Waals surface area contributed by atoms with Crippen LogP contribution in [0.2, 0.25) is 0 Å². The van der Waals surface area contributed by atoms with Crippen LogP contribution in [0.5, 0.6) is 0 Å². The van der Waals surface area contributed by atoms with Crippen LogP contribution >= 0.6 is 0 Å². The third-order valence-electron chi connectivity index (χ3n) is 9.82. The Hall–Kier alpha value is -7.77. The fourth-order valence-corrected chi connectivity index (χ4v) is 7.06. The SMILES string of the molecule is N#Cc1cc(-c2cccc(-c3cccc(-c4ccc(-c5cccc(-c6ccc(-c7ccccc7)cc6C#N)c5)cc4C#N)c3)c2)ccc1-c1ccccc1. The zero-order valence-corrected chi connectivity index (χ0v) is 29.2. The van der Waals surface area contributed by atoms with Gasteiger partial charge in [0.05, 0.1) is 34.9 Å². The first-order valence-electron chi connectivity index (χ1n) is 17.7. The number of benzene rings is 8. The molecule has 0 fully saturated rings. The summed E-state index contributed by atoms with van der Waals surface area (Å²) in [6.45, 7) is 0. The third-order valence-corrected chi connectivity index (χ3v) is 9.82. The number of nitrogens with zero attached hydrogens (tertiary/aromatic N) is 3. The number of nitriles is 3. The van der Waals surface area contributed by atoms with E-state index >= 15 is 0 Å². The van der Waals surface area contributed by atoms with Gasteiger partial charge >= 0.3 is 0 Å². The molecule has 3 heteroatoms. The van der Waals surface area contributed by atoms with E-state index in [-0.39, 0.29) is 0 Å². The molecule has 8 aromatic rings. The summed E-state index contributed by atoms with van der Waals surface area (Å²) in [6, 6.07) is 70.0. The molecule has 0 atom stereocenters. The smallest absolute Gasteiger partial charge is 0.0998 e. The summed E-state index contributed by atoms with van der Waals surface area (Å²) >= 11 is 0. The van der Waals surface area contributed by atoms with Crippen LogP contribution < -0.4 is 0 Å². The maximum absolute atomic E-state index is 10.3. The second-order valence-electron chi connectivity index (χ2n) is 13.1. The summed E-state index contributed by atoms with van der Waals surface area (Å²) in [7, 11) is 0. The molecular formula is C51H31N3. The average molecular weight is 686 g/mol. The minimum absolute atomic E-state index is 0.580. The van der Waals surface area contributed by atoms with Crippen LogP contribution in [-0.2, 0) is 0 Å². The minimum Gasteiger partial charge on any atom is -0.192 e. The van der Waals surface area contributed by atoms with Crippen molar-refractivity contribution in [3.8, 4) is 96.1 Å². The van der Waals surface area contributed by atoms with Crippen molar-refractivity contribution in [3.05, 3.63) is 205 Å². The van der Waals surface area contributed by atoms with Crippen molar-refractivity contribution in [1.29, 1.82) is 15.8 Å². The molecule has 0 heterocycles. The van der Waals surface area contributed by atoms with Gasteiger partial charge in [0.25, 0.3) is 0 Å². The number of rotatable bonds is 7. The van der Waals surface area contributed by atoms with Gasteiger partial charge in [-0.2, -0.15) is 15.8 Å². The minimum atomic E-state index is 0.580. The molecule has 0 saturated heterocycles. The van der Waals surface area contributed by atoms with Gasteiger partial charge in [-0.15, -0.1) is 0 Å². The van der Waals surface area contributed by atoms with Gasteiger partial charge < -0.3 is 0 Å². The predicted molar refractivity (Wildman–Crippen MR) is 219 cm³/mol. The van der Waals surface area contributed by atoms with E-state index in [0.717, 1.165) is 77.9 Å². The Kier molecular flexibility index (Phi) is 9.17. The quantitative estimate of drug-likeness (QED) is 0.168. The zero-order valence-electron chi connectivity index (χ0n) is 29.2. The summed E-state index contributed by atoms with van der Waals surface area (Å²) in [6.07, 6.45) is 0. The molecule has 0 aliphatic carbocycles. The lowest BCUT2D eigenvalue weighted by Crippen LogP contribution is -1.90. The van der Waals surface area contributed by atoms with E-state index in [2.05, 4.69) is 72.8 Å². The molecule has 250 valence electrons. The molecule has 0 amide bonds. The molecule has 8 aromatic carbocycles. The first-order valence-corrected chi connectivity index (χ1v) is 17.7. The van der Waals surface area contributed by atoms with Crippen LogP contribution in [0.3, 0.4) is 0 Å². The van der Waals surface area contributed by atoms with E-state index in [1.807, 2.05) is 133 Å². The van der Waals surface area contributed by atoms with Gasteiger partial charge in [-0.05, 0) is 114 Å². The molecule has 0 aromatic heterocycles. The molecule has 0 aliphatic rings. The van der Waals surface area contributed by atoms with E-state index in [4.69, 9.17) is 0 Å². The lowest BCUT2D eigenvalue weighted by Gasteiger charge is -2.12. The van der Waals surface area contributed by atoms with Crippen molar-refractivity contribution in [2.45, 2.75) is 0 Å². The predicted octanol–water partition coefficient (Wildman–Crippen LogP) is 13.0. The third kappa shape index (κ3) is 6.68. The Balaban J connectivity index is 1.08. The molecule has 0 bridgehead atoms. The maximum Gasteiger partial charge on any atom is 0.0998 e. The largest absolute Gasteiger partial charge is 0.192 e. The molecule has 54 heavy (non-hydrogen) atoms. The van der Waals surface area contributed by atoms with Crippen molar-refractivity contribution < 1.29 is 0 Å². The molecular weight excluding hydrogens is 655 g/mol. The fraction of sp³-hybridized carbons (Fsp3) is 0. The highest BCUT2D eigenvalue weighted by molar-refractivity contribution is 5.84. The second kappa shape index (κ2) is 14.8. The van der Waals surface area contributed by atoms with Crippen LogP contribution in [0.4, 0.5) is 0 Å². The van der Waals surface area contributed by atoms with Crippen LogP contribution in [-0.4, -0.2) is 0 Å². The van der Waals surface area contributed by atoms with Gasteiger partial charge in [-0.25, -0.2) is 0 Å². The Morgan fingerprint density at radius 2 is 0.500 bits per heavy atom. The lowest BCUT2D eigenvalue weighted by molar-refractivity contribution is 1.46. The van der Waals surface area contributed by atoms with Crippen LogP contribution in [0.1, 0.15) is 16.7 Å². The van der Waals surface area contributed by atoms with E-state index in [9.17, 15) is 15.8 Å². The summed E-state index contributed by atoms with van der Waals surface area (Å²) < 4.78 is 0. The highest BCUT2D eigenvalue weighted by Crippen LogP contribution is 2.36. The van der Waals surface area contributed by atoms with Crippen LogP contribution in [0, 0.1) is 34.0 Å². The summed E-state index contributed by atoms with van der Waals surface area (Å²) in [5.41, 5.74) is 15.4. The summed E-state index contributed by atoms with van der Waals surface area (Å²) in [4.78, 5) is 0. The second-order valence-corrected chi connectivity index (χ2v) is 13.1. The van der Waals surface area contributed by atoms with E-state index in [1.54, 1.807) is 0 Å². The highest BCUT2D eigenvalue weighted by atomic mass is 14.3. The molecule has 0 aliphatic heterocycles. The van der Waals surface area contributed by atoms with Gasteiger partial charge in [0.15, 0.2) is 0 Å². The van der Waals surface area contributed by atoms with Crippen molar-refractivity contribution in [2.24, 2.45) is 0 Å². The van der Waals surface area contributed by atoms with Gasteiger partial charge in [0.1, 0.15) is 0 Å². The van der Waals surface area contributed by atoms with E-state index in [0.29, 0.717) is 16.7 Å². The molecule has 0 unspecified atom stereocenters. The summed E-state index contributed by atoms with van der Waals surface area (Å²) in [5, 5.41) is 30.4. The average Bonchev–Trinajstić information content (AvgIpc) is 3.26. The molecule has 0 spiro atoms. The van der Waals surface area contributed by atoms with Gasteiger partial charge in [0.2, 0.25) is 0 Å². The standard InChI is InChI=1S/C51H31N3/c52-32-46-30-42(21-23-49(46)36-12-5-2-6-13-36)38-15-7-14-37(26-38)39-16-8-18-44(27-39)51-25-22-43(31-48(51)34-54)40-17-9-19-45(28-40)50-24-20-41(29-47(50)33-53)35-10-3-1-4-11-35/h1-31H. The van der Waals surface area contributed by atoms with Gasteiger partial charge in [-0.1, -0.05) is 152 Å². The Labute approximate surface area is 315 Å². The Bertz CT molecular complexity index is 2800. The topological polar surface area (TPSA) is 71.4 Å². The first-order chi connectivity index (χ1) is 26.6. The molecule has 0 radical (unpaired) electrons. The van der Waals surface area contributed by atoms with E-state index < -0.39 is 0 Å². The van der Waals surface area contributed by atoms with Crippen LogP contribution in [0.15, 0.2) is 188 Å². The van der Waals surface area contributed by atoms with Crippen LogP contribution in [0.25, 0.3) is 77.9 Å². The van der Waals surface area contributed by atoms with Crippen molar-refractivity contribution in [2.75, 3.05) is 0 Å². The summed E-state index contributed by atoms with van der Waals surface area (Å²) in [5.74, 6) is 0. The fourth-order valence-electron chi connectivity index (χ4n) is 7.06. The van der Waals surface area contributed by atoms with Gasteiger partial charge in [-0.3, -0.25) is 0 Å². The van der Waals surface area contributed by atoms with Gasteiger partial charge in [0, 0.05) is 0 Å². The Morgan fingerprint density at radius 3 is 0.889 bits per heavy atom. The molecule has 3 nitrogen and oxygen atoms in total. The lowest BCUT2D eigenvalue weighted by atomic mass is 9.91. The number of hydrogen-bond acceptors (Lipinski definition) is 3. The monoisotopic (exact) mass is 685 g/mol. The molecule has 0 saturated carbocycles. The normalized spacial score (nSPS) is 10.5.